The van der Waals surface area contributed by atoms with E-state index in [0.29, 0.717) is 17.9 Å². The molecular formula is C19H29NO3. The molecule has 0 spiro atoms. The first-order valence-electron chi connectivity index (χ1n) is 8.61. The topological polar surface area (TPSA) is 38.8 Å². The predicted octanol–water partition coefficient (Wildman–Crippen LogP) is 3.77. The van der Waals surface area contributed by atoms with E-state index in [1.807, 2.05) is 19.1 Å². The van der Waals surface area contributed by atoms with Crippen LogP contribution >= 0.6 is 0 Å². The van der Waals surface area contributed by atoms with Gasteiger partial charge in [0.25, 0.3) is 0 Å². The molecule has 0 unspecified atom stereocenters. The molecule has 1 fully saturated rings. The molecule has 0 radical (unpaired) electrons. The molecule has 0 amide bonds. The smallest absolute Gasteiger partial charge is 0.341 e. The Morgan fingerprint density at radius 3 is 2.52 bits per heavy atom. The number of hydrogen-bond acceptors (Lipinski definition) is 4. The number of aryl methyl sites for hydroxylation is 1. The van der Waals surface area contributed by atoms with Gasteiger partial charge in [0.15, 0.2) is 0 Å². The van der Waals surface area contributed by atoms with Crippen LogP contribution < -0.4 is 4.74 Å². The highest BCUT2D eigenvalue weighted by molar-refractivity contribution is 5.95. The van der Waals surface area contributed by atoms with E-state index in [4.69, 9.17) is 9.47 Å². The van der Waals surface area contributed by atoms with Crippen molar-refractivity contribution in [2.75, 3.05) is 33.4 Å². The van der Waals surface area contributed by atoms with Crippen molar-refractivity contribution in [1.29, 1.82) is 0 Å². The minimum Gasteiger partial charge on any atom is -0.491 e. The molecule has 1 heterocycles. The van der Waals surface area contributed by atoms with Gasteiger partial charge in [-0.1, -0.05) is 32.4 Å². The number of likely N-dealkylation sites (tertiary alicyclic amines) is 1. The SMILES string of the molecule is COC(=O)c1c(C(C)C)ccc(C)c1OCCN1CCCCC1. The van der Waals surface area contributed by atoms with Gasteiger partial charge >= 0.3 is 5.97 Å². The number of esters is 1. The van der Waals surface area contributed by atoms with Crippen molar-refractivity contribution < 1.29 is 14.3 Å². The first kappa shape index (κ1) is 17.8. The second kappa shape index (κ2) is 8.34. The summed E-state index contributed by atoms with van der Waals surface area (Å²) in [5, 5.41) is 0. The first-order chi connectivity index (χ1) is 11.0. The molecule has 0 aliphatic carbocycles. The third kappa shape index (κ3) is 4.47. The summed E-state index contributed by atoms with van der Waals surface area (Å²) in [4.78, 5) is 14.7. The van der Waals surface area contributed by atoms with Gasteiger partial charge in [-0.3, -0.25) is 4.90 Å². The van der Waals surface area contributed by atoms with Gasteiger partial charge < -0.3 is 9.47 Å². The lowest BCUT2D eigenvalue weighted by Crippen LogP contribution is -2.33. The quantitative estimate of drug-likeness (QED) is 0.748. The fourth-order valence-corrected chi connectivity index (χ4v) is 3.14. The van der Waals surface area contributed by atoms with Crippen LogP contribution in [-0.4, -0.2) is 44.2 Å². The number of methoxy groups -OCH3 is 1. The van der Waals surface area contributed by atoms with Crippen molar-refractivity contribution in [3.05, 3.63) is 28.8 Å². The van der Waals surface area contributed by atoms with Crippen molar-refractivity contribution >= 4 is 5.97 Å². The first-order valence-corrected chi connectivity index (χ1v) is 8.61. The van der Waals surface area contributed by atoms with Crippen LogP contribution in [0.25, 0.3) is 0 Å². The van der Waals surface area contributed by atoms with E-state index < -0.39 is 0 Å². The molecular weight excluding hydrogens is 290 g/mol. The standard InChI is InChI=1S/C19H29NO3/c1-14(2)16-9-8-15(3)18(17(16)19(21)22-4)23-13-12-20-10-6-5-7-11-20/h8-9,14H,5-7,10-13H2,1-4H3. The number of piperidine rings is 1. The predicted molar refractivity (Wildman–Crippen MR) is 92.4 cm³/mol. The molecule has 1 saturated heterocycles. The molecule has 2 rings (SSSR count). The normalized spacial score (nSPS) is 15.7. The van der Waals surface area contributed by atoms with Crippen molar-refractivity contribution in [3.63, 3.8) is 0 Å². The maximum absolute atomic E-state index is 12.3. The van der Waals surface area contributed by atoms with Crippen LogP contribution in [0.15, 0.2) is 12.1 Å². The molecule has 1 aromatic carbocycles. The number of nitrogens with zero attached hydrogens (tertiary/aromatic N) is 1. The number of carbonyl (C=O) groups is 1. The summed E-state index contributed by atoms with van der Waals surface area (Å²) in [6.07, 6.45) is 3.88. The van der Waals surface area contributed by atoms with Crippen LogP contribution in [-0.2, 0) is 4.74 Å². The number of rotatable bonds is 6. The van der Waals surface area contributed by atoms with E-state index in [2.05, 4.69) is 18.7 Å². The van der Waals surface area contributed by atoms with E-state index in [1.54, 1.807) is 0 Å². The van der Waals surface area contributed by atoms with E-state index in [9.17, 15) is 4.79 Å². The molecule has 4 nitrogen and oxygen atoms in total. The Morgan fingerprint density at radius 2 is 1.91 bits per heavy atom. The molecule has 128 valence electrons. The molecule has 0 N–H and O–H groups in total. The fraction of sp³-hybridized carbons (Fsp3) is 0.632. The zero-order chi connectivity index (χ0) is 16.8. The van der Waals surface area contributed by atoms with Crippen LogP contribution in [0, 0.1) is 6.92 Å². The molecule has 0 bridgehead atoms. The second-order valence-electron chi connectivity index (χ2n) is 6.57. The van der Waals surface area contributed by atoms with Gasteiger partial charge in [0.2, 0.25) is 0 Å². The van der Waals surface area contributed by atoms with Gasteiger partial charge in [-0.05, 0) is 49.9 Å². The lowest BCUT2D eigenvalue weighted by Gasteiger charge is -2.26. The molecule has 0 atom stereocenters. The van der Waals surface area contributed by atoms with Crippen molar-refractivity contribution in [1.82, 2.24) is 4.90 Å². The van der Waals surface area contributed by atoms with E-state index in [1.165, 1.54) is 26.4 Å². The minimum atomic E-state index is -0.314. The summed E-state index contributed by atoms with van der Waals surface area (Å²) < 4.78 is 11.0. The average Bonchev–Trinajstić information content (AvgIpc) is 2.56. The minimum absolute atomic E-state index is 0.245. The molecule has 0 saturated carbocycles. The maximum Gasteiger partial charge on any atom is 0.341 e. The number of benzene rings is 1. The zero-order valence-corrected chi connectivity index (χ0v) is 14.9. The Morgan fingerprint density at radius 1 is 1.22 bits per heavy atom. The van der Waals surface area contributed by atoms with Crippen LogP contribution in [0.2, 0.25) is 0 Å². The third-order valence-corrected chi connectivity index (χ3v) is 4.50. The second-order valence-corrected chi connectivity index (χ2v) is 6.57. The molecule has 23 heavy (non-hydrogen) atoms. The number of ether oxygens (including phenoxy) is 2. The lowest BCUT2D eigenvalue weighted by atomic mass is 9.94. The fourth-order valence-electron chi connectivity index (χ4n) is 3.14. The van der Waals surface area contributed by atoms with Gasteiger partial charge in [-0.2, -0.15) is 0 Å². The third-order valence-electron chi connectivity index (χ3n) is 4.50. The molecule has 1 aliphatic rings. The van der Waals surface area contributed by atoms with Gasteiger partial charge in [0, 0.05) is 6.54 Å². The van der Waals surface area contributed by atoms with Crippen molar-refractivity contribution in [2.45, 2.75) is 46.0 Å². The Hall–Kier alpha value is -1.55. The summed E-state index contributed by atoms with van der Waals surface area (Å²) in [6.45, 7) is 9.95. The molecule has 4 heteroatoms. The zero-order valence-electron chi connectivity index (χ0n) is 14.9. The highest BCUT2D eigenvalue weighted by Gasteiger charge is 2.22. The Bertz CT molecular complexity index is 534. The van der Waals surface area contributed by atoms with Gasteiger partial charge in [0.1, 0.15) is 17.9 Å². The largest absolute Gasteiger partial charge is 0.491 e. The van der Waals surface area contributed by atoms with Crippen LogP contribution in [0.5, 0.6) is 5.75 Å². The summed E-state index contributed by atoms with van der Waals surface area (Å²) in [5.74, 6) is 0.611. The van der Waals surface area contributed by atoms with E-state index in [0.717, 1.165) is 30.8 Å². The number of hydrogen-bond donors (Lipinski definition) is 0. The average molecular weight is 319 g/mol. The lowest BCUT2D eigenvalue weighted by molar-refractivity contribution is 0.0593. The highest BCUT2D eigenvalue weighted by atomic mass is 16.5. The summed E-state index contributed by atoms with van der Waals surface area (Å²) in [6, 6.07) is 4.03. The van der Waals surface area contributed by atoms with Crippen LogP contribution in [0.4, 0.5) is 0 Å². The van der Waals surface area contributed by atoms with Gasteiger partial charge in [-0.15, -0.1) is 0 Å². The molecule has 1 aliphatic heterocycles. The van der Waals surface area contributed by atoms with E-state index >= 15 is 0 Å². The Balaban J connectivity index is 2.15. The van der Waals surface area contributed by atoms with Crippen molar-refractivity contribution in [2.24, 2.45) is 0 Å². The Kier molecular flexibility index (Phi) is 6.46. The summed E-state index contributed by atoms with van der Waals surface area (Å²) in [7, 11) is 1.42. The summed E-state index contributed by atoms with van der Waals surface area (Å²) >= 11 is 0. The molecule has 1 aromatic rings. The Labute approximate surface area is 139 Å². The van der Waals surface area contributed by atoms with Crippen molar-refractivity contribution in [3.8, 4) is 5.75 Å². The van der Waals surface area contributed by atoms with E-state index in [-0.39, 0.29) is 11.9 Å². The van der Waals surface area contributed by atoms with Crippen LogP contribution in [0.3, 0.4) is 0 Å². The van der Waals surface area contributed by atoms with Gasteiger partial charge in [-0.25, -0.2) is 4.79 Å². The highest BCUT2D eigenvalue weighted by Crippen LogP contribution is 2.32. The van der Waals surface area contributed by atoms with Gasteiger partial charge in [0.05, 0.1) is 7.11 Å². The monoisotopic (exact) mass is 319 g/mol. The van der Waals surface area contributed by atoms with Crippen LogP contribution in [0.1, 0.15) is 60.5 Å². The number of carbonyl (C=O) groups excluding carboxylic acids is 1. The maximum atomic E-state index is 12.3. The summed E-state index contributed by atoms with van der Waals surface area (Å²) in [5.41, 5.74) is 2.55. The molecule has 0 aromatic heterocycles.